The van der Waals surface area contributed by atoms with Gasteiger partial charge in [-0.2, -0.15) is 0 Å². The molecule has 0 aliphatic carbocycles. The molecule has 1 aliphatic rings. The molecule has 1 aromatic carbocycles. The van der Waals surface area contributed by atoms with E-state index in [0.29, 0.717) is 19.2 Å². The van der Waals surface area contributed by atoms with Gasteiger partial charge in [0.15, 0.2) is 0 Å². The van der Waals surface area contributed by atoms with E-state index < -0.39 is 6.10 Å². The molecule has 1 amide bonds. The second-order valence-electron chi connectivity index (χ2n) is 5.06. The lowest BCUT2D eigenvalue weighted by Crippen LogP contribution is -2.51. The minimum absolute atomic E-state index is 0.361. The lowest BCUT2D eigenvalue weighted by atomic mass is 10.1. The SMILES string of the molecule is C[C@H](CCSc1ccccc1)N1CCO[C@@H](C(N)=O)C1. The Morgan fingerprint density at radius 1 is 1.50 bits per heavy atom. The van der Waals surface area contributed by atoms with E-state index in [-0.39, 0.29) is 5.91 Å². The lowest BCUT2D eigenvalue weighted by molar-refractivity contribution is -0.136. The van der Waals surface area contributed by atoms with Crippen molar-refractivity contribution in [3.63, 3.8) is 0 Å². The Kier molecular flexibility index (Phi) is 5.88. The Morgan fingerprint density at radius 2 is 2.25 bits per heavy atom. The van der Waals surface area contributed by atoms with E-state index in [1.165, 1.54) is 4.90 Å². The molecule has 1 aromatic rings. The van der Waals surface area contributed by atoms with Crippen LogP contribution in [-0.4, -0.2) is 48.4 Å². The van der Waals surface area contributed by atoms with Crippen molar-refractivity contribution in [2.24, 2.45) is 5.73 Å². The highest BCUT2D eigenvalue weighted by Crippen LogP contribution is 2.20. The van der Waals surface area contributed by atoms with Crippen LogP contribution >= 0.6 is 11.8 Å². The highest BCUT2D eigenvalue weighted by molar-refractivity contribution is 7.99. The molecule has 0 bridgehead atoms. The maximum Gasteiger partial charge on any atom is 0.247 e. The second kappa shape index (κ2) is 7.67. The van der Waals surface area contributed by atoms with Crippen LogP contribution in [-0.2, 0) is 9.53 Å². The van der Waals surface area contributed by atoms with Crippen LogP contribution in [0.25, 0.3) is 0 Å². The molecule has 0 saturated carbocycles. The van der Waals surface area contributed by atoms with Gasteiger partial charge < -0.3 is 10.5 Å². The Morgan fingerprint density at radius 3 is 2.95 bits per heavy atom. The number of morpholine rings is 1. The number of nitrogens with two attached hydrogens (primary N) is 1. The maximum absolute atomic E-state index is 11.2. The van der Waals surface area contributed by atoms with E-state index >= 15 is 0 Å². The van der Waals surface area contributed by atoms with Gasteiger partial charge in [-0.1, -0.05) is 18.2 Å². The molecule has 2 rings (SSSR count). The van der Waals surface area contributed by atoms with Crippen molar-refractivity contribution < 1.29 is 9.53 Å². The summed E-state index contributed by atoms with van der Waals surface area (Å²) in [5.41, 5.74) is 5.31. The monoisotopic (exact) mass is 294 g/mol. The Labute approximate surface area is 124 Å². The summed E-state index contributed by atoms with van der Waals surface area (Å²) in [6.07, 6.45) is 0.637. The van der Waals surface area contributed by atoms with Crippen LogP contribution in [0.3, 0.4) is 0 Å². The molecule has 0 unspecified atom stereocenters. The van der Waals surface area contributed by atoms with Gasteiger partial charge in [0, 0.05) is 24.0 Å². The van der Waals surface area contributed by atoms with Crippen molar-refractivity contribution in [3.8, 4) is 0 Å². The molecular formula is C15H22N2O2S. The average Bonchev–Trinajstić information content (AvgIpc) is 2.48. The van der Waals surface area contributed by atoms with E-state index in [2.05, 4.69) is 36.1 Å². The first kappa shape index (κ1) is 15.4. The number of carbonyl (C=O) groups is 1. The van der Waals surface area contributed by atoms with Crippen LogP contribution < -0.4 is 5.73 Å². The van der Waals surface area contributed by atoms with Crippen molar-refractivity contribution in [2.75, 3.05) is 25.4 Å². The number of hydrogen-bond donors (Lipinski definition) is 1. The van der Waals surface area contributed by atoms with Crippen LogP contribution in [0.15, 0.2) is 35.2 Å². The standard InChI is InChI=1S/C15H22N2O2S/c1-12(7-10-20-13-5-3-2-4-6-13)17-8-9-19-14(11-17)15(16)18/h2-6,12,14H,7-11H2,1H3,(H2,16,18)/t12-,14-/m1/s1. The predicted molar refractivity (Wildman–Crippen MR) is 81.8 cm³/mol. The summed E-state index contributed by atoms with van der Waals surface area (Å²) >= 11 is 1.87. The van der Waals surface area contributed by atoms with Gasteiger partial charge in [0.2, 0.25) is 5.91 Å². The van der Waals surface area contributed by atoms with Gasteiger partial charge in [0.1, 0.15) is 6.10 Å². The van der Waals surface area contributed by atoms with Gasteiger partial charge in [-0.15, -0.1) is 11.8 Å². The summed E-state index contributed by atoms with van der Waals surface area (Å²) in [5, 5.41) is 0. The fraction of sp³-hybridized carbons (Fsp3) is 0.533. The first-order valence-corrected chi connectivity index (χ1v) is 7.98. The fourth-order valence-corrected chi connectivity index (χ4v) is 3.33. The summed E-state index contributed by atoms with van der Waals surface area (Å²) in [7, 11) is 0. The molecule has 1 fully saturated rings. The molecule has 0 spiro atoms. The quantitative estimate of drug-likeness (QED) is 0.812. The Balaban J connectivity index is 1.74. The highest BCUT2D eigenvalue weighted by Gasteiger charge is 2.27. The zero-order valence-corrected chi connectivity index (χ0v) is 12.6. The molecule has 20 heavy (non-hydrogen) atoms. The van der Waals surface area contributed by atoms with Gasteiger partial charge in [-0.05, 0) is 31.2 Å². The van der Waals surface area contributed by atoms with Crippen LogP contribution in [0.4, 0.5) is 0 Å². The van der Waals surface area contributed by atoms with Gasteiger partial charge in [0.25, 0.3) is 0 Å². The van der Waals surface area contributed by atoms with Crippen molar-refractivity contribution in [1.82, 2.24) is 4.90 Å². The first-order chi connectivity index (χ1) is 9.66. The normalized spacial score (nSPS) is 21.6. The summed E-state index contributed by atoms with van der Waals surface area (Å²) in [5.74, 6) is 0.713. The minimum Gasteiger partial charge on any atom is -0.367 e. The largest absolute Gasteiger partial charge is 0.367 e. The van der Waals surface area contributed by atoms with Crippen LogP contribution in [0.1, 0.15) is 13.3 Å². The van der Waals surface area contributed by atoms with Crippen molar-refractivity contribution in [1.29, 1.82) is 0 Å². The maximum atomic E-state index is 11.2. The molecule has 1 aliphatic heterocycles. The molecule has 0 aromatic heterocycles. The second-order valence-corrected chi connectivity index (χ2v) is 6.22. The molecule has 110 valence electrons. The number of rotatable bonds is 6. The fourth-order valence-electron chi connectivity index (χ4n) is 2.29. The van der Waals surface area contributed by atoms with Crippen molar-refractivity contribution in [2.45, 2.75) is 30.4 Å². The molecule has 0 radical (unpaired) electrons. The van der Waals surface area contributed by atoms with Crippen LogP contribution in [0, 0.1) is 0 Å². The Hall–Kier alpha value is -1.04. The molecule has 1 heterocycles. The number of benzene rings is 1. The van der Waals surface area contributed by atoms with E-state index in [1.54, 1.807) is 0 Å². The first-order valence-electron chi connectivity index (χ1n) is 6.99. The van der Waals surface area contributed by atoms with Crippen molar-refractivity contribution >= 4 is 17.7 Å². The molecule has 5 heteroatoms. The number of ether oxygens (including phenoxy) is 1. The smallest absolute Gasteiger partial charge is 0.247 e. The number of hydrogen-bond acceptors (Lipinski definition) is 4. The predicted octanol–water partition coefficient (Wildman–Crippen LogP) is 1.74. The third-order valence-electron chi connectivity index (χ3n) is 3.59. The topological polar surface area (TPSA) is 55.6 Å². The minimum atomic E-state index is -0.451. The number of carbonyl (C=O) groups excluding carboxylic acids is 1. The van der Waals surface area contributed by atoms with Gasteiger partial charge >= 0.3 is 0 Å². The summed E-state index contributed by atoms with van der Waals surface area (Å²) in [6.45, 7) is 4.28. The Bertz CT molecular complexity index is 427. The zero-order chi connectivity index (χ0) is 14.4. The highest BCUT2D eigenvalue weighted by atomic mass is 32.2. The molecule has 2 atom stereocenters. The van der Waals surface area contributed by atoms with E-state index in [1.807, 2.05) is 17.8 Å². The number of primary amides is 1. The van der Waals surface area contributed by atoms with Crippen molar-refractivity contribution in [3.05, 3.63) is 30.3 Å². The summed E-state index contributed by atoms with van der Waals surface area (Å²) in [6, 6.07) is 10.9. The number of thioether (sulfide) groups is 1. The number of nitrogens with zero attached hydrogens (tertiary/aromatic N) is 1. The van der Waals surface area contributed by atoms with Crippen LogP contribution in [0.5, 0.6) is 0 Å². The molecule has 2 N–H and O–H groups in total. The average molecular weight is 294 g/mol. The third kappa shape index (κ3) is 4.51. The molecular weight excluding hydrogens is 272 g/mol. The lowest BCUT2D eigenvalue weighted by Gasteiger charge is -2.35. The van der Waals surface area contributed by atoms with E-state index in [4.69, 9.17) is 10.5 Å². The van der Waals surface area contributed by atoms with Crippen LogP contribution in [0.2, 0.25) is 0 Å². The van der Waals surface area contributed by atoms with E-state index in [0.717, 1.165) is 18.7 Å². The van der Waals surface area contributed by atoms with Gasteiger partial charge in [-0.3, -0.25) is 9.69 Å². The molecule has 4 nitrogen and oxygen atoms in total. The van der Waals surface area contributed by atoms with Gasteiger partial charge in [-0.25, -0.2) is 0 Å². The number of amides is 1. The molecule has 1 saturated heterocycles. The van der Waals surface area contributed by atoms with Gasteiger partial charge in [0.05, 0.1) is 6.61 Å². The third-order valence-corrected chi connectivity index (χ3v) is 4.63. The zero-order valence-electron chi connectivity index (χ0n) is 11.8. The summed E-state index contributed by atoms with van der Waals surface area (Å²) in [4.78, 5) is 14.8. The summed E-state index contributed by atoms with van der Waals surface area (Å²) < 4.78 is 5.37. The van der Waals surface area contributed by atoms with E-state index in [9.17, 15) is 4.79 Å².